The second-order valence-electron chi connectivity index (χ2n) is 1.68. The van der Waals surface area contributed by atoms with E-state index in [2.05, 4.69) is 6.58 Å². The fourth-order valence-electron chi connectivity index (χ4n) is 0.535. The highest BCUT2D eigenvalue weighted by atomic mass is 32.7. The third-order valence-electron chi connectivity index (χ3n) is 0.957. The molecule has 0 spiro atoms. The van der Waals surface area contributed by atoms with Crippen molar-refractivity contribution in [3.8, 4) is 0 Å². The van der Waals surface area contributed by atoms with Crippen molar-refractivity contribution in [1.82, 2.24) is 0 Å². The van der Waals surface area contributed by atoms with Crippen LogP contribution in [0.25, 0.3) is 0 Å². The van der Waals surface area contributed by atoms with E-state index in [0.29, 0.717) is 12.8 Å². The van der Waals surface area contributed by atoms with Crippen molar-refractivity contribution < 1.29 is 9.09 Å². The molecule has 0 rings (SSSR count). The minimum atomic E-state index is -2.40. The zero-order valence-electron chi connectivity index (χ0n) is 6.37. The third-order valence-corrected chi connectivity index (χ3v) is 5.30. The lowest BCUT2D eigenvalue weighted by atomic mass is 10.8. The molecular formula is C6H13O2PS. The Hall–Kier alpha value is 0.280. The van der Waals surface area contributed by atoms with E-state index in [1.807, 2.05) is 6.92 Å². The van der Waals surface area contributed by atoms with Crippen LogP contribution in [0.15, 0.2) is 12.7 Å². The number of hydrogen-bond donors (Lipinski definition) is 0. The van der Waals surface area contributed by atoms with Crippen molar-refractivity contribution in [1.29, 1.82) is 0 Å². The monoisotopic (exact) mass is 180 g/mol. The van der Waals surface area contributed by atoms with Gasteiger partial charge in [0.05, 0.1) is 12.8 Å². The molecule has 4 heteroatoms. The van der Waals surface area contributed by atoms with Gasteiger partial charge in [-0.15, -0.1) is 6.58 Å². The van der Waals surface area contributed by atoms with Crippen LogP contribution in [-0.4, -0.2) is 19.0 Å². The molecule has 10 heavy (non-hydrogen) atoms. The Balaban J connectivity index is 3.94. The predicted molar refractivity (Wildman–Crippen MR) is 47.8 cm³/mol. The average Bonchev–Trinajstić information content (AvgIpc) is 1.89. The van der Waals surface area contributed by atoms with E-state index in [-0.39, 0.29) is 0 Å². The molecule has 60 valence electrons. The summed E-state index contributed by atoms with van der Waals surface area (Å²) in [7, 11) is 0. The molecule has 0 heterocycles. The van der Waals surface area contributed by atoms with E-state index in [9.17, 15) is 4.57 Å². The number of rotatable bonds is 5. The van der Waals surface area contributed by atoms with Gasteiger partial charge >= 0.3 is 0 Å². The van der Waals surface area contributed by atoms with Gasteiger partial charge in [0.15, 0.2) is 0 Å². The second kappa shape index (κ2) is 5.00. The molecule has 0 aliphatic heterocycles. The molecule has 0 fully saturated rings. The van der Waals surface area contributed by atoms with Crippen molar-refractivity contribution in [2.24, 2.45) is 0 Å². The first-order valence-electron chi connectivity index (χ1n) is 3.08. The molecule has 0 radical (unpaired) electrons. The van der Waals surface area contributed by atoms with E-state index >= 15 is 0 Å². The van der Waals surface area contributed by atoms with Gasteiger partial charge in [0.1, 0.15) is 0 Å². The predicted octanol–water partition coefficient (Wildman–Crippen LogP) is 2.77. The molecule has 0 N–H and O–H groups in total. The maximum absolute atomic E-state index is 11.5. The molecule has 0 aliphatic rings. The molecule has 2 nitrogen and oxygen atoms in total. The van der Waals surface area contributed by atoms with Gasteiger partial charge in [-0.1, -0.05) is 17.5 Å². The van der Waals surface area contributed by atoms with E-state index < -0.39 is 6.57 Å². The molecule has 0 aromatic heterocycles. The fraction of sp³-hybridized carbons (Fsp3) is 0.667. The van der Waals surface area contributed by atoms with Crippen molar-refractivity contribution in [3.05, 3.63) is 12.7 Å². The zero-order valence-corrected chi connectivity index (χ0v) is 8.08. The second-order valence-corrected chi connectivity index (χ2v) is 6.66. The van der Waals surface area contributed by atoms with E-state index in [4.69, 9.17) is 4.52 Å². The van der Waals surface area contributed by atoms with Gasteiger partial charge in [0.2, 0.25) is 0 Å². The van der Waals surface area contributed by atoms with Crippen molar-refractivity contribution in [3.63, 3.8) is 0 Å². The first kappa shape index (κ1) is 10.3. The quantitative estimate of drug-likeness (QED) is 0.480. The molecule has 1 atom stereocenters. The molecule has 0 saturated heterocycles. The highest BCUT2D eigenvalue weighted by Gasteiger charge is 2.17. The average molecular weight is 180 g/mol. The van der Waals surface area contributed by atoms with Crippen LogP contribution in [-0.2, 0) is 9.09 Å². The largest absolute Gasteiger partial charge is 0.321 e. The first-order valence-corrected chi connectivity index (χ1v) is 6.72. The van der Waals surface area contributed by atoms with Gasteiger partial charge in [-0.2, -0.15) is 0 Å². The maximum atomic E-state index is 11.5. The van der Waals surface area contributed by atoms with Gasteiger partial charge in [0.25, 0.3) is 6.57 Å². The third kappa shape index (κ3) is 3.45. The molecule has 0 amide bonds. The van der Waals surface area contributed by atoms with Crippen LogP contribution in [0.3, 0.4) is 0 Å². The Morgan fingerprint density at radius 2 is 2.40 bits per heavy atom. The van der Waals surface area contributed by atoms with Crippen molar-refractivity contribution >= 4 is 18.0 Å². The van der Waals surface area contributed by atoms with Gasteiger partial charge in [-0.05, 0) is 13.2 Å². The van der Waals surface area contributed by atoms with E-state index in [1.54, 1.807) is 12.3 Å². The smallest absolute Gasteiger partial charge is 0.261 e. The molecule has 1 unspecified atom stereocenters. The molecule has 0 bridgehead atoms. The van der Waals surface area contributed by atoms with Crippen LogP contribution in [0.4, 0.5) is 0 Å². The molecule has 0 aliphatic carbocycles. The highest BCUT2D eigenvalue weighted by Crippen LogP contribution is 2.57. The Morgan fingerprint density at radius 3 is 2.70 bits per heavy atom. The fourth-order valence-corrected chi connectivity index (χ4v) is 3.00. The van der Waals surface area contributed by atoms with Crippen molar-refractivity contribution in [2.45, 2.75) is 6.92 Å². The zero-order chi connectivity index (χ0) is 8.04. The summed E-state index contributed by atoms with van der Waals surface area (Å²) in [6.45, 7) is 3.45. The van der Waals surface area contributed by atoms with Gasteiger partial charge in [0, 0.05) is 0 Å². The van der Waals surface area contributed by atoms with Gasteiger partial charge in [-0.25, -0.2) is 0 Å². The Morgan fingerprint density at radius 1 is 1.80 bits per heavy atom. The Bertz CT molecular complexity index is 147. The van der Waals surface area contributed by atoms with Crippen molar-refractivity contribution in [2.75, 3.05) is 19.0 Å². The first-order chi connectivity index (χ1) is 4.68. The summed E-state index contributed by atoms with van der Waals surface area (Å²) >= 11 is 1.28. The molecule has 0 aromatic carbocycles. The summed E-state index contributed by atoms with van der Waals surface area (Å²) < 4.78 is 16.5. The van der Waals surface area contributed by atoms with Crippen LogP contribution in [0.1, 0.15) is 6.92 Å². The minimum Gasteiger partial charge on any atom is -0.321 e. The van der Waals surface area contributed by atoms with Crippen LogP contribution < -0.4 is 0 Å². The summed E-state index contributed by atoms with van der Waals surface area (Å²) in [5.41, 5.74) is 0. The summed E-state index contributed by atoms with van der Waals surface area (Å²) in [5, 5.41) is 0. The topological polar surface area (TPSA) is 26.3 Å². The van der Waals surface area contributed by atoms with Crippen LogP contribution in [0, 0.1) is 0 Å². The van der Waals surface area contributed by atoms with Crippen LogP contribution in [0.5, 0.6) is 0 Å². The standard InChI is InChI=1S/C6H13O2PS/c1-4-6-9(7,10-3)8-5-2/h4H,1,5-6H2,2-3H3. The van der Waals surface area contributed by atoms with Gasteiger partial charge in [-0.3, -0.25) is 4.57 Å². The van der Waals surface area contributed by atoms with Crippen LogP contribution in [0.2, 0.25) is 0 Å². The van der Waals surface area contributed by atoms with Gasteiger partial charge < -0.3 is 4.52 Å². The number of hydrogen-bond acceptors (Lipinski definition) is 3. The van der Waals surface area contributed by atoms with E-state index in [1.165, 1.54) is 11.4 Å². The SMILES string of the molecule is C=CCP(=O)(OCC)SC. The normalized spacial score (nSPS) is 16.2. The summed E-state index contributed by atoms with van der Waals surface area (Å²) in [6, 6.07) is 0. The highest BCUT2D eigenvalue weighted by molar-refractivity contribution is 8.56. The van der Waals surface area contributed by atoms with E-state index in [0.717, 1.165) is 0 Å². The molecule has 0 aromatic rings. The number of allylic oxidation sites excluding steroid dienone is 1. The maximum Gasteiger partial charge on any atom is 0.261 e. The summed E-state index contributed by atoms with van der Waals surface area (Å²) in [5.74, 6) is 0. The lowest BCUT2D eigenvalue weighted by molar-refractivity contribution is 0.348. The summed E-state index contributed by atoms with van der Waals surface area (Å²) in [6.07, 6.45) is 3.88. The lowest BCUT2D eigenvalue weighted by Crippen LogP contribution is -1.88. The Labute approximate surface area is 66.2 Å². The molecule has 0 saturated carbocycles. The molecular weight excluding hydrogens is 167 g/mol. The lowest BCUT2D eigenvalue weighted by Gasteiger charge is -2.11. The van der Waals surface area contributed by atoms with Crippen LogP contribution >= 0.6 is 18.0 Å². The summed E-state index contributed by atoms with van der Waals surface area (Å²) in [4.78, 5) is 0. The minimum absolute atomic E-state index is 0.460. The Kier molecular flexibility index (Phi) is 5.14.